The fourth-order valence-corrected chi connectivity index (χ4v) is 3.21. The third-order valence-electron chi connectivity index (χ3n) is 3.42. The first-order valence-electron chi connectivity index (χ1n) is 7.00. The fourth-order valence-electron chi connectivity index (χ4n) is 2.18. The number of aryl methyl sites for hydroxylation is 2. The van der Waals surface area contributed by atoms with Gasteiger partial charge in [0.2, 0.25) is 0 Å². The highest BCUT2D eigenvalue weighted by molar-refractivity contribution is 7.11. The molecule has 0 spiro atoms. The molecule has 0 aliphatic heterocycles. The average molecular weight is 290 g/mol. The Hall–Kier alpha value is -1.39. The van der Waals surface area contributed by atoms with Crippen molar-refractivity contribution in [2.24, 2.45) is 5.73 Å². The summed E-state index contributed by atoms with van der Waals surface area (Å²) >= 11 is 1.75. The fraction of sp³-hybridized carbons (Fsp3) is 0.438. The Morgan fingerprint density at radius 1 is 1.30 bits per heavy atom. The molecule has 0 radical (unpaired) electrons. The van der Waals surface area contributed by atoms with E-state index in [0.29, 0.717) is 13.2 Å². The first kappa shape index (κ1) is 15.0. The van der Waals surface area contributed by atoms with Gasteiger partial charge < -0.3 is 10.5 Å². The van der Waals surface area contributed by atoms with E-state index in [0.717, 1.165) is 22.9 Å². The van der Waals surface area contributed by atoms with Crippen molar-refractivity contribution in [3.05, 3.63) is 45.4 Å². The lowest BCUT2D eigenvalue weighted by Gasteiger charge is -2.15. The summed E-state index contributed by atoms with van der Waals surface area (Å²) in [5, 5.41) is 1.13. The van der Waals surface area contributed by atoms with Gasteiger partial charge >= 0.3 is 0 Å². The van der Waals surface area contributed by atoms with Crippen molar-refractivity contribution in [3.63, 3.8) is 0 Å². The molecule has 0 bridgehead atoms. The molecule has 20 heavy (non-hydrogen) atoms. The Balaban J connectivity index is 2.22. The van der Waals surface area contributed by atoms with Crippen LogP contribution in [0.2, 0.25) is 0 Å². The zero-order valence-electron chi connectivity index (χ0n) is 12.3. The summed E-state index contributed by atoms with van der Waals surface area (Å²) in [4.78, 5) is 5.93. The van der Waals surface area contributed by atoms with Gasteiger partial charge in [0.15, 0.2) is 0 Å². The highest BCUT2D eigenvalue weighted by Gasteiger charge is 2.17. The lowest BCUT2D eigenvalue weighted by atomic mass is 9.99. The molecule has 1 heterocycles. The molecule has 0 aliphatic rings. The molecule has 108 valence electrons. The van der Waals surface area contributed by atoms with E-state index in [4.69, 9.17) is 10.5 Å². The van der Waals surface area contributed by atoms with Gasteiger partial charge in [0.05, 0.1) is 17.3 Å². The molecule has 1 unspecified atom stereocenters. The van der Waals surface area contributed by atoms with Crippen LogP contribution in [0, 0.1) is 13.8 Å². The SMILES string of the molecule is CCOc1ccccc1CC(CN)c1nc(C)c(C)s1. The molecule has 0 fully saturated rings. The summed E-state index contributed by atoms with van der Waals surface area (Å²) in [5.41, 5.74) is 8.28. The van der Waals surface area contributed by atoms with Gasteiger partial charge in [-0.15, -0.1) is 11.3 Å². The summed E-state index contributed by atoms with van der Waals surface area (Å²) < 4.78 is 5.69. The summed E-state index contributed by atoms with van der Waals surface area (Å²) in [6.45, 7) is 7.45. The van der Waals surface area contributed by atoms with E-state index in [1.54, 1.807) is 11.3 Å². The monoisotopic (exact) mass is 290 g/mol. The zero-order valence-corrected chi connectivity index (χ0v) is 13.2. The molecule has 1 aromatic heterocycles. The number of nitrogens with zero attached hydrogens (tertiary/aromatic N) is 1. The molecular formula is C16H22N2OS. The second-order valence-electron chi connectivity index (χ2n) is 4.87. The topological polar surface area (TPSA) is 48.1 Å². The molecule has 1 aromatic carbocycles. The molecule has 2 rings (SSSR count). The van der Waals surface area contributed by atoms with Crippen molar-refractivity contribution in [1.82, 2.24) is 4.98 Å². The van der Waals surface area contributed by atoms with E-state index in [1.807, 2.05) is 25.1 Å². The average Bonchev–Trinajstić information content (AvgIpc) is 2.78. The minimum Gasteiger partial charge on any atom is -0.494 e. The van der Waals surface area contributed by atoms with Gasteiger partial charge in [-0.05, 0) is 38.8 Å². The van der Waals surface area contributed by atoms with Gasteiger partial charge in [-0.25, -0.2) is 4.98 Å². The largest absolute Gasteiger partial charge is 0.494 e. The molecule has 0 aliphatic carbocycles. The van der Waals surface area contributed by atoms with Gasteiger partial charge in [0.1, 0.15) is 5.75 Å². The maximum atomic E-state index is 5.96. The van der Waals surface area contributed by atoms with Gasteiger partial charge in [-0.2, -0.15) is 0 Å². The predicted molar refractivity (Wildman–Crippen MR) is 84.7 cm³/mol. The molecular weight excluding hydrogens is 268 g/mol. The minimum absolute atomic E-state index is 0.258. The number of benzene rings is 1. The lowest BCUT2D eigenvalue weighted by Crippen LogP contribution is -2.15. The van der Waals surface area contributed by atoms with Crippen LogP contribution in [0.4, 0.5) is 0 Å². The number of thiazole rings is 1. The van der Waals surface area contributed by atoms with Crippen LogP contribution in [-0.4, -0.2) is 18.1 Å². The molecule has 0 amide bonds. The van der Waals surface area contributed by atoms with E-state index in [2.05, 4.69) is 24.9 Å². The first-order chi connectivity index (χ1) is 9.65. The quantitative estimate of drug-likeness (QED) is 0.886. The van der Waals surface area contributed by atoms with Crippen LogP contribution in [-0.2, 0) is 6.42 Å². The van der Waals surface area contributed by atoms with Crippen molar-refractivity contribution >= 4 is 11.3 Å². The van der Waals surface area contributed by atoms with Crippen LogP contribution in [0.5, 0.6) is 5.75 Å². The molecule has 4 heteroatoms. The summed E-state index contributed by atoms with van der Waals surface area (Å²) in [6, 6.07) is 8.18. The first-order valence-corrected chi connectivity index (χ1v) is 7.82. The number of aromatic nitrogens is 1. The maximum absolute atomic E-state index is 5.96. The third kappa shape index (κ3) is 3.38. The highest BCUT2D eigenvalue weighted by Crippen LogP contribution is 2.29. The van der Waals surface area contributed by atoms with Crippen molar-refractivity contribution in [3.8, 4) is 5.75 Å². The zero-order chi connectivity index (χ0) is 14.5. The van der Waals surface area contributed by atoms with Crippen molar-refractivity contribution in [2.45, 2.75) is 33.1 Å². The van der Waals surface area contributed by atoms with Gasteiger partial charge in [0, 0.05) is 17.3 Å². The lowest BCUT2D eigenvalue weighted by molar-refractivity contribution is 0.335. The predicted octanol–water partition coefficient (Wildman–Crippen LogP) is 3.44. The van der Waals surface area contributed by atoms with E-state index in [1.165, 1.54) is 10.4 Å². The standard InChI is InChI=1S/C16H22N2OS/c1-4-19-15-8-6-5-7-13(15)9-14(10-17)16-18-11(2)12(3)20-16/h5-8,14H,4,9-10,17H2,1-3H3. The van der Waals surface area contributed by atoms with E-state index >= 15 is 0 Å². The smallest absolute Gasteiger partial charge is 0.122 e. The van der Waals surface area contributed by atoms with Crippen molar-refractivity contribution in [1.29, 1.82) is 0 Å². The summed E-state index contributed by atoms with van der Waals surface area (Å²) in [6.07, 6.45) is 0.874. The third-order valence-corrected chi connectivity index (χ3v) is 4.65. The molecule has 2 N–H and O–H groups in total. The van der Waals surface area contributed by atoms with Gasteiger partial charge in [0.25, 0.3) is 0 Å². The Morgan fingerprint density at radius 2 is 2.05 bits per heavy atom. The number of hydrogen-bond donors (Lipinski definition) is 1. The van der Waals surface area contributed by atoms with Crippen LogP contribution in [0.3, 0.4) is 0 Å². The molecule has 0 saturated heterocycles. The maximum Gasteiger partial charge on any atom is 0.122 e. The second kappa shape index (κ2) is 6.86. The summed E-state index contributed by atoms with van der Waals surface area (Å²) in [7, 11) is 0. The molecule has 3 nitrogen and oxygen atoms in total. The number of para-hydroxylation sites is 1. The van der Waals surface area contributed by atoms with Crippen LogP contribution in [0.1, 0.15) is 34.0 Å². The van der Waals surface area contributed by atoms with E-state index in [9.17, 15) is 0 Å². The Kier molecular flexibility index (Phi) is 5.15. The van der Waals surface area contributed by atoms with E-state index in [-0.39, 0.29) is 5.92 Å². The van der Waals surface area contributed by atoms with Gasteiger partial charge in [-0.3, -0.25) is 0 Å². The Bertz CT molecular complexity index is 546. The minimum atomic E-state index is 0.258. The Labute approximate surface area is 124 Å². The highest BCUT2D eigenvalue weighted by atomic mass is 32.1. The Morgan fingerprint density at radius 3 is 2.65 bits per heavy atom. The van der Waals surface area contributed by atoms with Crippen molar-refractivity contribution in [2.75, 3.05) is 13.2 Å². The summed E-state index contributed by atoms with van der Waals surface area (Å²) in [5.74, 6) is 1.22. The number of nitrogens with two attached hydrogens (primary N) is 1. The number of hydrogen-bond acceptors (Lipinski definition) is 4. The second-order valence-corrected chi connectivity index (χ2v) is 6.11. The number of rotatable bonds is 6. The molecule has 2 aromatic rings. The van der Waals surface area contributed by atoms with Crippen LogP contribution in [0.25, 0.3) is 0 Å². The number of ether oxygens (including phenoxy) is 1. The van der Waals surface area contributed by atoms with Crippen LogP contribution in [0.15, 0.2) is 24.3 Å². The molecule has 0 saturated carbocycles. The normalized spacial score (nSPS) is 12.4. The van der Waals surface area contributed by atoms with Crippen LogP contribution < -0.4 is 10.5 Å². The van der Waals surface area contributed by atoms with Gasteiger partial charge in [-0.1, -0.05) is 18.2 Å². The van der Waals surface area contributed by atoms with Crippen LogP contribution >= 0.6 is 11.3 Å². The van der Waals surface area contributed by atoms with E-state index < -0.39 is 0 Å². The van der Waals surface area contributed by atoms with Crippen molar-refractivity contribution < 1.29 is 4.74 Å². The molecule has 1 atom stereocenters.